The molecule has 34 heteroatoms. The van der Waals surface area contributed by atoms with Gasteiger partial charge in [-0.2, -0.15) is 0 Å². The highest BCUT2D eigenvalue weighted by Crippen LogP contribution is 2.44. The Labute approximate surface area is 722 Å². The molecule has 2 aliphatic rings. The number of hydrogen-bond acceptors (Lipinski definition) is 20. The highest BCUT2D eigenvalue weighted by Gasteiger charge is 2.42. The van der Waals surface area contributed by atoms with Crippen LogP contribution < -0.4 is 68.8 Å². The largest absolute Gasteiger partial charge is 0.487 e. The van der Waals surface area contributed by atoms with E-state index in [9.17, 15) is 66.3 Å². The number of likely N-dealkylation sites (tertiary alicyclic amines) is 1. The van der Waals surface area contributed by atoms with Crippen molar-refractivity contribution in [1.29, 1.82) is 0 Å². The van der Waals surface area contributed by atoms with Gasteiger partial charge in [0.2, 0.25) is 53.2 Å². The van der Waals surface area contributed by atoms with Crippen LogP contribution in [0, 0.1) is 44.4 Å². The number of carboxylic acid groups (broad SMARTS) is 1. The summed E-state index contributed by atoms with van der Waals surface area (Å²) in [7, 11) is -4.33. The van der Waals surface area contributed by atoms with Crippen molar-refractivity contribution in [2.45, 2.75) is 290 Å². The lowest BCUT2D eigenvalue weighted by atomic mass is 9.94. The van der Waals surface area contributed by atoms with E-state index in [1.54, 1.807) is 169 Å². The Balaban J connectivity index is 1.20. The van der Waals surface area contributed by atoms with Gasteiger partial charge in [0.05, 0.1) is 34.8 Å². The zero-order valence-corrected chi connectivity index (χ0v) is 75.2. The topological polar surface area (TPSA) is 484 Å². The molecule has 4 aromatic carbocycles. The van der Waals surface area contributed by atoms with E-state index in [-0.39, 0.29) is 94.0 Å². The third-order valence-electron chi connectivity index (χ3n) is 20.3. The molecule has 123 heavy (non-hydrogen) atoms. The number of unbranched alkanes of at least 4 members (excludes halogenated alkanes) is 1. The van der Waals surface area contributed by atoms with E-state index in [0.717, 1.165) is 5.56 Å². The summed E-state index contributed by atoms with van der Waals surface area (Å²) in [5, 5.41) is 34.4. The molecule has 0 spiro atoms. The number of esters is 1. The van der Waals surface area contributed by atoms with Crippen LogP contribution in [0.3, 0.4) is 0 Å². The molecule has 674 valence electrons. The number of nitrogens with two attached hydrogens (primary N) is 2. The minimum absolute atomic E-state index is 0.0116. The maximum Gasteiger partial charge on any atom is 0.407 e. The lowest BCUT2D eigenvalue weighted by Gasteiger charge is -2.29. The Bertz CT molecular complexity index is 4680. The monoisotopic (exact) mass is 1730 g/mol. The Morgan fingerprint density at radius 1 is 0.650 bits per heavy atom. The van der Waals surface area contributed by atoms with Crippen LogP contribution in [0.4, 0.5) is 10.5 Å². The number of aliphatic carboxylic acids is 1. The van der Waals surface area contributed by atoms with Crippen molar-refractivity contribution in [3.05, 3.63) is 123 Å². The molecule has 33 nitrogen and oxygen atoms in total. The van der Waals surface area contributed by atoms with Crippen LogP contribution in [-0.2, 0) is 85.0 Å². The molecule has 6 rings (SSSR count). The maximum absolute atomic E-state index is 15.0. The number of sulfonamides is 1. The van der Waals surface area contributed by atoms with Gasteiger partial charge in [-0.1, -0.05) is 101 Å². The quantitative estimate of drug-likeness (QED) is 0.00722. The number of amides is 10. The van der Waals surface area contributed by atoms with Crippen molar-refractivity contribution < 1.29 is 90.0 Å². The number of aliphatic imine (C=N–C) groups is 1. The number of para-hydroxylation sites is 1. The van der Waals surface area contributed by atoms with Crippen molar-refractivity contribution in [1.82, 2.24) is 52.2 Å². The first-order valence-corrected chi connectivity index (χ1v) is 43.3. The third-order valence-corrected chi connectivity index (χ3v) is 21.9. The molecule has 15 N–H and O–H groups in total. The Morgan fingerprint density at radius 3 is 1.86 bits per heavy atom. The molecule has 0 radical (unpaired) electrons. The van der Waals surface area contributed by atoms with E-state index in [4.69, 9.17) is 30.4 Å². The van der Waals surface area contributed by atoms with Crippen LogP contribution in [0.2, 0.25) is 0 Å². The lowest BCUT2D eigenvalue weighted by Crippen LogP contribution is -2.61. The van der Waals surface area contributed by atoms with Gasteiger partial charge in [-0.3, -0.25) is 52.9 Å². The van der Waals surface area contributed by atoms with Crippen molar-refractivity contribution in [2.75, 3.05) is 31.6 Å². The number of guanidine groups is 1. The van der Waals surface area contributed by atoms with E-state index < -0.39 is 176 Å². The second kappa shape index (κ2) is 44.7. The Kier molecular flexibility index (Phi) is 36.6. The highest BCUT2D eigenvalue weighted by molar-refractivity contribution is 7.90. The van der Waals surface area contributed by atoms with Gasteiger partial charge in [-0.05, 0) is 214 Å². The predicted molar refractivity (Wildman–Crippen MR) is 465 cm³/mol. The maximum atomic E-state index is 15.0. The van der Waals surface area contributed by atoms with Crippen LogP contribution in [0.25, 0.3) is 0 Å². The molecular weight excluding hydrogens is 1600 g/mol. The number of ether oxygens (including phenoxy) is 4. The molecule has 1 fully saturated rings. The van der Waals surface area contributed by atoms with E-state index in [1.807, 2.05) is 34.6 Å². The van der Waals surface area contributed by atoms with Gasteiger partial charge in [-0.15, -0.1) is 0 Å². The number of carboxylic acids is 1. The molecule has 10 atom stereocenters. The second-order valence-corrected chi connectivity index (χ2v) is 37.0. The number of anilines is 1. The molecule has 0 aromatic heterocycles. The number of rotatable bonds is 39. The minimum atomic E-state index is -4.33. The summed E-state index contributed by atoms with van der Waals surface area (Å²) >= 11 is 0. The van der Waals surface area contributed by atoms with Crippen molar-refractivity contribution in [3.8, 4) is 17.6 Å². The van der Waals surface area contributed by atoms with Crippen molar-refractivity contribution >= 4 is 92.9 Å². The van der Waals surface area contributed by atoms with Gasteiger partial charge in [0.15, 0.2) is 0 Å². The number of nitrogens with zero attached hydrogens (tertiary/aromatic N) is 2. The SMILES string of the molecule is CC[C@H](C)[C@H](NC(=O)[C@H](C)NC(=O)[C@H](CC(C)C)NC(=O)[C@H](CC(=O)OC(C)(C)C)NC(=O)[C@H](Cc1ccccc1)NC(=O)[C@@H]1CCCN1C(=O)c1ccccc1C#Cc1ccccc1NC(=O)[C@@H](N)COC(C)(C)C)C(=O)N[C@@H](CCCN=C(N)NS(=O)(=O)c1c(C)c(C)c2c(c1C)CC(C)(C)O2)C(=O)N[C@@H](CCCCNC(=O)OC(C)(C)C)C(=O)O. The average molecular weight is 1730 g/mol. The number of carbonyl (C=O) groups excluding carboxylic acids is 11. The van der Waals surface area contributed by atoms with E-state index in [0.29, 0.717) is 64.1 Å². The van der Waals surface area contributed by atoms with E-state index >= 15 is 4.79 Å². The summed E-state index contributed by atoms with van der Waals surface area (Å²) in [5.41, 5.74) is 13.6. The highest BCUT2D eigenvalue weighted by atomic mass is 32.2. The van der Waals surface area contributed by atoms with Gasteiger partial charge in [0.1, 0.15) is 76.9 Å². The van der Waals surface area contributed by atoms with Gasteiger partial charge < -0.3 is 88.3 Å². The van der Waals surface area contributed by atoms with Gasteiger partial charge in [-0.25, -0.2) is 22.7 Å². The molecule has 1 saturated heterocycles. The zero-order valence-electron chi connectivity index (χ0n) is 74.4. The predicted octanol–water partition coefficient (Wildman–Crippen LogP) is 6.74. The Morgan fingerprint density at radius 2 is 1.23 bits per heavy atom. The zero-order chi connectivity index (χ0) is 91.8. The molecule has 0 unspecified atom stereocenters. The average Bonchev–Trinajstić information content (AvgIpc) is 1.66. The summed E-state index contributed by atoms with van der Waals surface area (Å²) in [6, 6.07) is 9.36. The number of nitrogens with one attached hydrogen (secondary N) is 10. The van der Waals surface area contributed by atoms with Gasteiger partial charge >= 0.3 is 18.0 Å². The number of benzene rings is 4. The minimum Gasteiger partial charge on any atom is -0.487 e. The fraction of sp³-hybridized carbons (Fsp3) is 0.562. The fourth-order valence-corrected chi connectivity index (χ4v) is 15.3. The number of carbonyl (C=O) groups is 12. The number of alkyl carbamates (subject to hydrolysis) is 1. The molecule has 2 aliphatic heterocycles. The molecule has 0 bridgehead atoms. The van der Waals surface area contributed by atoms with E-state index in [1.165, 1.54) is 11.8 Å². The van der Waals surface area contributed by atoms with Crippen molar-refractivity contribution in [2.24, 2.45) is 28.3 Å². The molecule has 0 aliphatic carbocycles. The summed E-state index contributed by atoms with van der Waals surface area (Å²) in [6.07, 6.45) is -0.227. The summed E-state index contributed by atoms with van der Waals surface area (Å²) in [6.45, 7) is 32.6. The lowest BCUT2D eigenvalue weighted by molar-refractivity contribution is -0.156. The molecular formula is C89H128N14O19S. The van der Waals surface area contributed by atoms with Crippen LogP contribution in [0.15, 0.2) is 88.8 Å². The molecule has 2 heterocycles. The van der Waals surface area contributed by atoms with Gasteiger partial charge in [0.25, 0.3) is 15.9 Å². The van der Waals surface area contributed by atoms with Crippen LogP contribution in [-0.4, -0.2) is 199 Å². The van der Waals surface area contributed by atoms with Gasteiger partial charge in [0, 0.05) is 49.2 Å². The first-order chi connectivity index (χ1) is 57.4. The summed E-state index contributed by atoms with van der Waals surface area (Å²) in [5.74, 6) is -4.38. The summed E-state index contributed by atoms with van der Waals surface area (Å²) in [4.78, 5) is 175. The Hall–Kier alpha value is -11.2. The van der Waals surface area contributed by atoms with Crippen LogP contribution in [0.1, 0.15) is 224 Å². The third kappa shape index (κ3) is 31.6. The van der Waals surface area contributed by atoms with E-state index in [2.05, 4.69) is 69.4 Å². The van der Waals surface area contributed by atoms with Crippen LogP contribution in [0.5, 0.6) is 5.75 Å². The summed E-state index contributed by atoms with van der Waals surface area (Å²) < 4.78 is 53.3. The molecule has 4 aromatic rings. The molecule has 0 saturated carbocycles. The fourth-order valence-electron chi connectivity index (χ4n) is 13.8. The number of hydrogen-bond donors (Lipinski definition) is 13. The van der Waals surface area contributed by atoms with Crippen molar-refractivity contribution in [3.63, 3.8) is 0 Å². The molecule has 10 amide bonds. The first kappa shape index (κ1) is 101. The normalized spacial score (nSPS) is 16.1. The standard InChI is InChI=1S/C89H128N14O19S/c1-20-52(4)71(81(112)96-64(76(107)97-65(83(114)115)38-28-29-43-93-85(116)122-88(15,16)17)39-30-44-92-84(91)102-123(117,118)73-54(6)53(5)72-61(55(73)7)49-89(18,19)121-72)101-74(105)56(8)94-77(108)66(46-51(2)3)98-79(110)68(48-70(104)120-87(12,13)14)99-78(109)67(47-57-32-22-21-23-33-57)100-80(111)69-40-31-45-103(69)82(113)60-36-26-24-34-58(60)41-42-59-35-25-27-37-63(59)95-75(106)62(90)50-119-86(9,10)11/h21-27,32-37,51-52,56,62,64-69,71H,20,28-31,38-40,43-50,90H2,1-19H3,(H,93,116)(H,94,108)(H,95,106)(H,96,112)(H,97,107)(H,98,110)(H,99,109)(H,100,111)(H,101,105)(H,114,115)(H3,91,92,102)/t52-,56-,62-,64-,65-,66-,67-,68-,69-,71-/m0/s1. The first-order valence-electron chi connectivity index (χ1n) is 41.8. The number of fused-ring (bicyclic) bond motifs is 1. The van der Waals surface area contributed by atoms with Crippen LogP contribution >= 0.6 is 0 Å². The second-order valence-electron chi connectivity index (χ2n) is 35.4. The smallest absolute Gasteiger partial charge is 0.407 e.